The second-order valence-electron chi connectivity index (χ2n) is 2.98. The quantitative estimate of drug-likeness (QED) is 0.633. The third-order valence-electron chi connectivity index (χ3n) is 1.88. The predicted molar refractivity (Wildman–Crippen MR) is 46.1 cm³/mol. The first kappa shape index (κ1) is 12.2. The molecular weight excluding hydrogens is 239 g/mol. The normalized spacial score (nSPS) is 12.3. The molecule has 0 saturated carbocycles. The minimum absolute atomic E-state index is 0.162. The summed E-state index contributed by atoms with van der Waals surface area (Å²) >= 11 is 5.39. The first-order valence-electron chi connectivity index (χ1n) is 3.89. The molecule has 0 radical (unpaired) electrons. The van der Waals surface area contributed by atoms with Crippen LogP contribution in [0.2, 0.25) is 5.02 Å². The van der Waals surface area contributed by atoms with Crippen molar-refractivity contribution in [1.29, 1.82) is 0 Å². The molecule has 0 nitrogen and oxygen atoms in total. The maximum absolute atomic E-state index is 12.4. The van der Waals surface area contributed by atoms with Gasteiger partial charge in [0.1, 0.15) is 0 Å². The molecule has 1 aromatic rings. The lowest BCUT2D eigenvalue weighted by molar-refractivity contribution is -0.139. The van der Waals surface area contributed by atoms with Crippen molar-refractivity contribution < 1.29 is 22.0 Å². The van der Waals surface area contributed by atoms with E-state index in [0.29, 0.717) is 6.07 Å². The molecule has 0 aliphatic rings. The van der Waals surface area contributed by atoms with Crippen molar-refractivity contribution >= 4 is 11.6 Å². The minimum Gasteiger partial charge on any atom is -0.205 e. The van der Waals surface area contributed by atoms with E-state index in [4.69, 9.17) is 11.6 Å². The molecule has 0 aliphatic heterocycles. The first-order chi connectivity index (χ1) is 6.73. The largest absolute Gasteiger partial charge is 0.416 e. The van der Waals surface area contributed by atoms with Crippen LogP contribution >= 0.6 is 11.6 Å². The second-order valence-corrected chi connectivity index (χ2v) is 3.42. The van der Waals surface area contributed by atoms with Crippen LogP contribution in [0.5, 0.6) is 0 Å². The number of hydrogen-bond donors (Lipinski definition) is 0. The first-order valence-corrected chi connectivity index (χ1v) is 4.26. The van der Waals surface area contributed by atoms with E-state index in [2.05, 4.69) is 0 Å². The van der Waals surface area contributed by atoms with E-state index < -0.39 is 23.7 Å². The van der Waals surface area contributed by atoms with Gasteiger partial charge in [-0.3, -0.25) is 0 Å². The van der Waals surface area contributed by atoms with Crippen LogP contribution in [0.4, 0.5) is 22.0 Å². The molecule has 0 heterocycles. The van der Waals surface area contributed by atoms with E-state index in [9.17, 15) is 22.0 Å². The molecule has 0 N–H and O–H groups in total. The van der Waals surface area contributed by atoms with Crippen LogP contribution in [0.15, 0.2) is 12.1 Å². The zero-order valence-electron chi connectivity index (χ0n) is 7.50. The Morgan fingerprint density at radius 3 is 2.13 bits per heavy atom. The van der Waals surface area contributed by atoms with Crippen LogP contribution in [0.1, 0.15) is 23.1 Å². The molecule has 0 saturated heterocycles. The lowest BCUT2D eigenvalue weighted by Crippen LogP contribution is -2.11. The summed E-state index contributed by atoms with van der Waals surface area (Å²) in [6.45, 7) is 1.17. The zero-order chi connectivity index (χ0) is 11.8. The lowest BCUT2D eigenvalue weighted by Gasteiger charge is -2.15. The number of aryl methyl sites for hydroxylation is 1. The lowest BCUT2D eigenvalue weighted by atomic mass is 10.0. The SMILES string of the molecule is Cc1cc(Cl)cc(C(F)(F)F)c1C(F)F. The number of hydrogen-bond acceptors (Lipinski definition) is 0. The predicted octanol–water partition coefficient (Wildman–Crippen LogP) is 4.60. The average Bonchev–Trinajstić information content (AvgIpc) is 1.99. The van der Waals surface area contributed by atoms with Gasteiger partial charge in [0.05, 0.1) is 5.56 Å². The zero-order valence-corrected chi connectivity index (χ0v) is 8.26. The molecule has 0 aromatic heterocycles. The van der Waals surface area contributed by atoms with E-state index in [-0.39, 0.29) is 10.6 Å². The van der Waals surface area contributed by atoms with Crippen LogP contribution in [0.3, 0.4) is 0 Å². The maximum atomic E-state index is 12.4. The molecule has 1 rings (SSSR count). The van der Waals surface area contributed by atoms with Crippen LogP contribution in [-0.2, 0) is 6.18 Å². The van der Waals surface area contributed by atoms with Crippen molar-refractivity contribution in [3.63, 3.8) is 0 Å². The van der Waals surface area contributed by atoms with Gasteiger partial charge in [-0.05, 0) is 24.6 Å². The molecule has 0 spiro atoms. The molecular formula is C9H6ClF5. The Hall–Kier alpha value is -0.840. The number of benzene rings is 1. The monoisotopic (exact) mass is 244 g/mol. The van der Waals surface area contributed by atoms with Crippen LogP contribution in [-0.4, -0.2) is 0 Å². The van der Waals surface area contributed by atoms with Gasteiger partial charge in [0.2, 0.25) is 0 Å². The van der Waals surface area contributed by atoms with Gasteiger partial charge in [0.15, 0.2) is 0 Å². The van der Waals surface area contributed by atoms with Gasteiger partial charge in [-0.2, -0.15) is 13.2 Å². The highest BCUT2D eigenvalue weighted by molar-refractivity contribution is 6.30. The third kappa shape index (κ3) is 2.59. The van der Waals surface area contributed by atoms with Gasteiger partial charge in [-0.15, -0.1) is 0 Å². The highest BCUT2D eigenvalue weighted by Gasteiger charge is 2.36. The Morgan fingerprint density at radius 2 is 1.73 bits per heavy atom. The molecule has 0 fully saturated rings. The summed E-state index contributed by atoms with van der Waals surface area (Å²) in [4.78, 5) is 0. The van der Waals surface area contributed by atoms with Gasteiger partial charge in [0, 0.05) is 10.6 Å². The third-order valence-corrected chi connectivity index (χ3v) is 2.09. The summed E-state index contributed by atoms with van der Waals surface area (Å²) in [6, 6.07) is 1.59. The topological polar surface area (TPSA) is 0 Å². The van der Waals surface area contributed by atoms with E-state index in [1.165, 1.54) is 6.92 Å². The summed E-state index contributed by atoms with van der Waals surface area (Å²) in [6.07, 6.45) is -7.99. The fourth-order valence-electron chi connectivity index (χ4n) is 1.28. The van der Waals surface area contributed by atoms with Crippen molar-refractivity contribution in [2.45, 2.75) is 19.5 Å². The summed E-state index contributed by atoms with van der Waals surface area (Å²) in [5, 5.41) is -0.204. The van der Waals surface area contributed by atoms with Gasteiger partial charge < -0.3 is 0 Å². The van der Waals surface area contributed by atoms with Gasteiger partial charge in [0.25, 0.3) is 6.43 Å². The molecule has 0 unspecified atom stereocenters. The fourth-order valence-corrected chi connectivity index (χ4v) is 1.55. The van der Waals surface area contributed by atoms with Crippen LogP contribution in [0.25, 0.3) is 0 Å². The summed E-state index contributed by atoms with van der Waals surface area (Å²) in [5.41, 5.74) is -2.54. The maximum Gasteiger partial charge on any atom is 0.416 e. The molecule has 84 valence electrons. The smallest absolute Gasteiger partial charge is 0.205 e. The van der Waals surface area contributed by atoms with E-state index >= 15 is 0 Å². The molecule has 1 aromatic carbocycles. The van der Waals surface area contributed by atoms with Gasteiger partial charge in [-0.1, -0.05) is 11.6 Å². The highest BCUT2D eigenvalue weighted by atomic mass is 35.5. The standard InChI is InChI=1S/C9H6ClF5/c1-4-2-5(10)3-6(9(13,14)15)7(4)8(11)12/h2-3,8H,1H3. The van der Waals surface area contributed by atoms with Crippen LogP contribution < -0.4 is 0 Å². The Kier molecular flexibility index (Phi) is 3.23. The van der Waals surface area contributed by atoms with Crippen molar-refractivity contribution in [1.82, 2.24) is 0 Å². The summed E-state index contributed by atoms with van der Waals surface area (Å²) < 4.78 is 61.9. The van der Waals surface area contributed by atoms with E-state index in [0.717, 1.165) is 6.07 Å². The van der Waals surface area contributed by atoms with Crippen molar-refractivity contribution in [2.75, 3.05) is 0 Å². The summed E-state index contributed by atoms with van der Waals surface area (Å²) in [7, 11) is 0. The van der Waals surface area contributed by atoms with Crippen LogP contribution in [0, 0.1) is 6.92 Å². The fraction of sp³-hybridized carbons (Fsp3) is 0.333. The van der Waals surface area contributed by atoms with Crippen molar-refractivity contribution in [3.05, 3.63) is 33.8 Å². The minimum atomic E-state index is -4.82. The average molecular weight is 245 g/mol. The molecule has 6 heteroatoms. The number of halogens is 6. The van der Waals surface area contributed by atoms with Crippen molar-refractivity contribution in [3.8, 4) is 0 Å². The Balaban J connectivity index is 3.47. The van der Waals surface area contributed by atoms with Gasteiger partial charge >= 0.3 is 6.18 Å². The molecule has 15 heavy (non-hydrogen) atoms. The van der Waals surface area contributed by atoms with Gasteiger partial charge in [-0.25, -0.2) is 8.78 Å². The Bertz CT molecular complexity index is 370. The Labute approximate surface area is 87.7 Å². The highest BCUT2D eigenvalue weighted by Crippen LogP contribution is 2.39. The molecule has 0 aliphatic carbocycles. The Morgan fingerprint density at radius 1 is 1.20 bits per heavy atom. The van der Waals surface area contributed by atoms with Crippen molar-refractivity contribution in [2.24, 2.45) is 0 Å². The molecule has 0 bridgehead atoms. The van der Waals surface area contributed by atoms with E-state index in [1.807, 2.05) is 0 Å². The number of rotatable bonds is 1. The second kappa shape index (κ2) is 3.96. The van der Waals surface area contributed by atoms with E-state index in [1.54, 1.807) is 0 Å². The molecule has 0 atom stereocenters. The number of alkyl halides is 5. The summed E-state index contributed by atoms with van der Waals surface area (Å²) in [5.74, 6) is 0. The molecule has 0 amide bonds.